The number of hydrogen-bond donors (Lipinski definition) is 0. The molecule has 230 valence electrons. The fourth-order valence-corrected chi connectivity index (χ4v) is 4.79. The van der Waals surface area contributed by atoms with Gasteiger partial charge in [-0.15, -0.1) is 0 Å². The van der Waals surface area contributed by atoms with E-state index in [9.17, 15) is 23.2 Å². The highest BCUT2D eigenvalue weighted by atomic mass is 19.1. The van der Waals surface area contributed by atoms with Crippen molar-refractivity contribution in [2.45, 2.75) is 95.8 Å². The SMILES string of the molecule is CC[C@H]1O[C@@H](OC(C)=O)[C@@](C)(OC(=O)c2ccccc2)[C@@H]1F.CC[C@H]1O[C@@H](OC)[C@@](C)(OC(=O)c2ccccc2)[C@@H]1F. The number of hydrogen-bond acceptors (Lipinski definition) is 9. The summed E-state index contributed by atoms with van der Waals surface area (Å²) in [4.78, 5) is 35.5. The second kappa shape index (κ2) is 14.2. The number of methoxy groups -OCH3 is 1. The third kappa shape index (κ3) is 7.14. The molecular weight excluding hydrogens is 554 g/mol. The molecule has 0 saturated carbocycles. The zero-order valence-corrected chi connectivity index (χ0v) is 24.6. The molecule has 2 aliphatic rings. The summed E-state index contributed by atoms with van der Waals surface area (Å²) < 4.78 is 60.7. The van der Waals surface area contributed by atoms with E-state index in [0.717, 1.165) is 0 Å². The quantitative estimate of drug-likeness (QED) is 0.296. The van der Waals surface area contributed by atoms with Gasteiger partial charge in [0, 0.05) is 14.0 Å². The van der Waals surface area contributed by atoms with Crippen molar-refractivity contribution in [3.63, 3.8) is 0 Å². The van der Waals surface area contributed by atoms with E-state index < -0.39 is 66.2 Å². The van der Waals surface area contributed by atoms with Crippen LogP contribution < -0.4 is 0 Å². The third-order valence-corrected chi connectivity index (χ3v) is 7.22. The van der Waals surface area contributed by atoms with Crippen LogP contribution in [-0.4, -0.2) is 73.4 Å². The summed E-state index contributed by atoms with van der Waals surface area (Å²) in [6.07, 6.45) is -5.75. The summed E-state index contributed by atoms with van der Waals surface area (Å²) >= 11 is 0. The van der Waals surface area contributed by atoms with Crippen LogP contribution in [-0.2, 0) is 33.2 Å². The van der Waals surface area contributed by atoms with Gasteiger partial charge in [-0.2, -0.15) is 0 Å². The van der Waals surface area contributed by atoms with E-state index in [4.69, 9.17) is 28.4 Å². The molecule has 0 amide bonds. The molecule has 2 saturated heterocycles. The number of benzene rings is 2. The van der Waals surface area contributed by atoms with Gasteiger partial charge in [0.15, 0.2) is 17.9 Å². The highest BCUT2D eigenvalue weighted by molar-refractivity contribution is 5.90. The van der Waals surface area contributed by atoms with Crippen molar-refractivity contribution >= 4 is 17.9 Å². The minimum absolute atomic E-state index is 0.289. The maximum absolute atomic E-state index is 14.6. The van der Waals surface area contributed by atoms with Crippen LogP contribution in [0.3, 0.4) is 0 Å². The van der Waals surface area contributed by atoms with E-state index in [2.05, 4.69) is 0 Å². The standard InChI is InChI=1S/C16H19FO5.C15H19FO4/c1-4-12-13(17)16(3,15(21-12)20-10(2)18)22-14(19)11-8-6-5-7-9-11;1-4-11-12(16)15(2,14(18-3)19-11)20-13(17)10-8-6-5-7-9-10/h5-9,12-13,15H,4H2,1-3H3;5-9,11-12,14H,4H2,1-3H3/t12-,13-,15-,16+;11-,12-,14-,15+/m11/s1. The van der Waals surface area contributed by atoms with Crippen LogP contribution in [0.15, 0.2) is 60.7 Å². The minimum atomic E-state index is -1.68. The molecule has 9 nitrogen and oxygen atoms in total. The maximum atomic E-state index is 14.6. The summed E-state index contributed by atoms with van der Waals surface area (Å²) in [5, 5.41) is 0. The van der Waals surface area contributed by atoms with Crippen molar-refractivity contribution in [3.8, 4) is 0 Å². The molecule has 0 N–H and O–H groups in total. The number of esters is 3. The van der Waals surface area contributed by atoms with E-state index in [1.807, 2.05) is 6.92 Å². The van der Waals surface area contributed by atoms with Gasteiger partial charge in [0.05, 0.1) is 23.3 Å². The summed E-state index contributed by atoms with van der Waals surface area (Å²) in [5.74, 6) is -1.91. The van der Waals surface area contributed by atoms with E-state index in [1.54, 1.807) is 67.6 Å². The molecule has 2 fully saturated rings. The summed E-state index contributed by atoms with van der Waals surface area (Å²) in [6, 6.07) is 16.7. The van der Waals surface area contributed by atoms with Crippen LogP contribution in [0.1, 0.15) is 68.2 Å². The van der Waals surface area contributed by atoms with Crippen LogP contribution >= 0.6 is 0 Å². The van der Waals surface area contributed by atoms with Gasteiger partial charge in [-0.05, 0) is 51.0 Å². The number of rotatable bonds is 8. The van der Waals surface area contributed by atoms with Crippen molar-refractivity contribution in [2.24, 2.45) is 0 Å². The van der Waals surface area contributed by atoms with Gasteiger partial charge in [0.2, 0.25) is 18.2 Å². The average Bonchev–Trinajstić information content (AvgIpc) is 3.37. The van der Waals surface area contributed by atoms with Gasteiger partial charge in [0.25, 0.3) is 0 Å². The minimum Gasteiger partial charge on any atom is -0.447 e. The van der Waals surface area contributed by atoms with Crippen LogP contribution in [0.25, 0.3) is 0 Å². The molecule has 0 aromatic heterocycles. The van der Waals surface area contributed by atoms with E-state index in [-0.39, 0.29) is 5.56 Å². The molecule has 2 aromatic carbocycles. The lowest BCUT2D eigenvalue weighted by Gasteiger charge is -2.30. The molecule has 0 aliphatic carbocycles. The second-order valence-corrected chi connectivity index (χ2v) is 10.4. The Balaban J connectivity index is 0.000000231. The van der Waals surface area contributed by atoms with E-state index >= 15 is 0 Å². The number of carbonyl (C=O) groups excluding carboxylic acids is 3. The van der Waals surface area contributed by atoms with Gasteiger partial charge < -0.3 is 28.4 Å². The van der Waals surface area contributed by atoms with Crippen molar-refractivity contribution in [3.05, 3.63) is 71.8 Å². The topological polar surface area (TPSA) is 107 Å². The van der Waals surface area contributed by atoms with Crippen LogP contribution in [0.4, 0.5) is 8.78 Å². The van der Waals surface area contributed by atoms with E-state index in [1.165, 1.54) is 27.9 Å². The summed E-state index contributed by atoms with van der Waals surface area (Å²) in [7, 11) is 1.41. The lowest BCUT2D eigenvalue weighted by atomic mass is 9.97. The van der Waals surface area contributed by atoms with Crippen molar-refractivity contribution in [1.82, 2.24) is 0 Å². The van der Waals surface area contributed by atoms with Crippen molar-refractivity contribution < 1.29 is 51.6 Å². The summed E-state index contributed by atoms with van der Waals surface area (Å²) in [5.41, 5.74) is -2.46. The van der Waals surface area contributed by atoms with Gasteiger partial charge >= 0.3 is 17.9 Å². The lowest BCUT2D eigenvalue weighted by Crippen LogP contribution is -2.48. The fourth-order valence-electron chi connectivity index (χ4n) is 4.79. The highest BCUT2D eigenvalue weighted by Crippen LogP contribution is 2.40. The van der Waals surface area contributed by atoms with Gasteiger partial charge in [0.1, 0.15) is 0 Å². The molecule has 42 heavy (non-hydrogen) atoms. The molecule has 2 heterocycles. The number of halogens is 2. The largest absolute Gasteiger partial charge is 0.447 e. The Kier molecular flexibility index (Phi) is 11.2. The Morgan fingerprint density at radius 2 is 1.12 bits per heavy atom. The van der Waals surface area contributed by atoms with Gasteiger partial charge in [-0.3, -0.25) is 4.79 Å². The molecule has 0 unspecified atom stereocenters. The van der Waals surface area contributed by atoms with Gasteiger partial charge in [-0.25, -0.2) is 18.4 Å². The van der Waals surface area contributed by atoms with Crippen molar-refractivity contribution in [2.75, 3.05) is 7.11 Å². The second-order valence-electron chi connectivity index (χ2n) is 10.4. The van der Waals surface area contributed by atoms with Crippen molar-refractivity contribution in [1.29, 1.82) is 0 Å². The Hall–Kier alpha value is -3.41. The zero-order valence-electron chi connectivity index (χ0n) is 24.6. The molecule has 0 radical (unpaired) electrons. The van der Waals surface area contributed by atoms with Gasteiger partial charge in [-0.1, -0.05) is 50.2 Å². The first-order chi connectivity index (χ1) is 19.9. The first-order valence-corrected chi connectivity index (χ1v) is 13.8. The average molecular weight is 593 g/mol. The van der Waals surface area contributed by atoms with E-state index in [0.29, 0.717) is 18.4 Å². The molecule has 8 atom stereocenters. The molecule has 0 bridgehead atoms. The number of ether oxygens (including phenoxy) is 6. The van der Waals surface area contributed by atoms with Crippen LogP contribution in [0.5, 0.6) is 0 Å². The first-order valence-electron chi connectivity index (χ1n) is 13.8. The number of alkyl halides is 2. The zero-order chi connectivity index (χ0) is 31.1. The predicted molar refractivity (Wildman–Crippen MR) is 147 cm³/mol. The summed E-state index contributed by atoms with van der Waals surface area (Å²) in [6.45, 7) is 7.63. The fraction of sp³-hybridized carbons (Fsp3) is 0.516. The molecule has 0 spiro atoms. The maximum Gasteiger partial charge on any atom is 0.339 e. The molecular formula is C31H38F2O9. The van der Waals surface area contributed by atoms with Crippen LogP contribution in [0, 0.1) is 0 Å². The normalized spacial score (nSPS) is 31.9. The Labute approximate surface area is 244 Å². The van der Waals surface area contributed by atoms with Crippen LogP contribution in [0.2, 0.25) is 0 Å². The molecule has 4 rings (SSSR count). The molecule has 2 aliphatic heterocycles. The number of carbonyl (C=O) groups is 3. The Bertz CT molecular complexity index is 1190. The Morgan fingerprint density at radius 1 is 0.738 bits per heavy atom. The monoisotopic (exact) mass is 592 g/mol. The highest BCUT2D eigenvalue weighted by Gasteiger charge is 2.59. The molecule has 11 heteroatoms. The smallest absolute Gasteiger partial charge is 0.339 e. The third-order valence-electron chi connectivity index (χ3n) is 7.22. The predicted octanol–water partition coefficient (Wildman–Crippen LogP) is 5.36. The first kappa shape index (κ1) is 33.1. The molecule has 2 aromatic rings. The lowest BCUT2D eigenvalue weighted by molar-refractivity contribution is -0.203. The Morgan fingerprint density at radius 3 is 1.48 bits per heavy atom.